The van der Waals surface area contributed by atoms with E-state index in [1.807, 2.05) is 0 Å². The van der Waals surface area contributed by atoms with E-state index in [4.69, 9.17) is 5.11 Å². The maximum atomic E-state index is 9.91. The fourth-order valence-corrected chi connectivity index (χ4v) is 2.24. The molecule has 2 nitrogen and oxygen atoms in total. The Morgan fingerprint density at radius 3 is 2.54 bits per heavy atom. The lowest BCUT2D eigenvalue weighted by Gasteiger charge is -2.24. The molecule has 1 saturated carbocycles. The van der Waals surface area contributed by atoms with E-state index in [1.54, 1.807) is 0 Å². The summed E-state index contributed by atoms with van der Waals surface area (Å²) in [4.78, 5) is 0. The second kappa shape index (κ2) is 4.43. The lowest BCUT2D eigenvalue weighted by molar-refractivity contribution is -0.0271. The monoisotopic (exact) mass is 186 g/mol. The Morgan fingerprint density at radius 1 is 1.31 bits per heavy atom. The zero-order valence-corrected chi connectivity index (χ0v) is 8.79. The Kier molecular flexibility index (Phi) is 3.74. The molecule has 1 rings (SSSR count). The van der Waals surface area contributed by atoms with Crippen LogP contribution in [-0.4, -0.2) is 22.4 Å². The van der Waals surface area contributed by atoms with Gasteiger partial charge in [0.25, 0.3) is 0 Å². The van der Waals surface area contributed by atoms with E-state index < -0.39 is 5.60 Å². The summed E-state index contributed by atoms with van der Waals surface area (Å²) < 4.78 is 0. The van der Waals surface area contributed by atoms with E-state index in [9.17, 15) is 5.11 Å². The Balaban J connectivity index is 2.48. The third-order valence-electron chi connectivity index (χ3n) is 3.43. The summed E-state index contributed by atoms with van der Waals surface area (Å²) in [5, 5.41) is 19.0. The molecule has 13 heavy (non-hydrogen) atoms. The van der Waals surface area contributed by atoms with Gasteiger partial charge in [0.05, 0.1) is 12.2 Å². The fourth-order valence-electron chi connectivity index (χ4n) is 2.24. The van der Waals surface area contributed by atoms with Crippen LogP contribution >= 0.6 is 0 Å². The molecule has 0 heterocycles. The molecule has 1 aliphatic rings. The predicted octanol–water partition coefficient (Wildman–Crippen LogP) is 1.95. The molecule has 78 valence electrons. The molecule has 0 aromatic carbocycles. The average Bonchev–Trinajstić information content (AvgIpc) is 2.28. The van der Waals surface area contributed by atoms with Crippen LogP contribution in [0.15, 0.2) is 0 Å². The molecular formula is C11H22O2. The van der Waals surface area contributed by atoms with Crippen LogP contribution < -0.4 is 0 Å². The highest BCUT2D eigenvalue weighted by atomic mass is 16.3. The molecular weight excluding hydrogens is 164 g/mol. The minimum absolute atomic E-state index is 0.0716. The Hall–Kier alpha value is -0.0800. The second-order valence-electron chi connectivity index (χ2n) is 4.82. The average molecular weight is 186 g/mol. The third kappa shape index (κ3) is 2.96. The van der Waals surface area contributed by atoms with Crippen LogP contribution in [0.3, 0.4) is 0 Å². The first kappa shape index (κ1) is 11.0. The molecule has 1 fully saturated rings. The topological polar surface area (TPSA) is 40.5 Å². The van der Waals surface area contributed by atoms with Crippen LogP contribution in [0.5, 0.6) is 0 Å². The van der Waals surface area contributed by atoms with Crippen molar-refractivity contribution in [1.29, 1.82) is 0 Å². The fraction of sp³-hybridized carbons (Fsp3) is 1.00. The van der Waals surface area contributed by atoms with Crippen molar-refractivity contribution in [3.63, 3.8) is 0 Å². The number of hydrogen-bond acceptors (Lipinski definition) is 2. The first-order valence-electron chi connectivity index (χ1n) is 5.41. The van der Waals surface area contributed by atoms with Crippen LogP contribution in [0.2, 0.25) is 0 Å². The van der Waals surface area contributed by atoms with Crippen molar-refractivity contribution in [2.45, 2.75) is 51.6 Å². The van der Waals surface area contributed by atoms with Crippen molar-refractivity contribution in [2.75, 3.05) is 6.61 Å². The number of hydrogen-bond donors (Lipinski definition) is 2. The number of aliphatic hydroxyl groups is 2. The van der Waals surface area contributed by atoms with E-state index in [2.05, 4.69) is 13.8 Å². The first-order chi connectivity index (χ1) is 6.07. The summed E-state index contributed by atoms with van der Waals surface area (Å²) in [5.74, 6) is 1.45. The smallest absolute Gasteiger partial charge is 0.0877 e. The van der Waals surface area contributed by atoms with Gasteiger partial charge in [0.1, 0.15) is 0 Å². The van der Waals surface area contributed by atoms with Gasteiger partial charge < -0.3 is 10.2 Å². The van der Waals surface area contributed by atoms with Gasteiger partial charge in [-0.25, -0.2) is 0 Å². The summed E-state index contributed by atoms with van der Waals surface area (Å²) in [7, 11) is 0. The lowest BCUT2D eigenvalue weighted by atomic mass is 9.88. The zero-order chi connectivity index (χ0) is 9.90. The highest BCUT2D eigenvalue weighted by Crippen LogP contribution is 2.33. The number of aliphatic hydroxyl groups excluding tert-OH is 1. The van der Waals surface area contributed by atoms with E-state index >= 15 is 0 Å². The van der Waals surface area contributed by atoms with Crippen LogP contribution in [0.25, 0.3) is 0 Å². The van der Waals surface area contributed by atoms with Gasteiger partial charge in [-0.1, -0.05) is 26.7 Å². The van der Waals surface area contributed by atoms with E-state index in [0.29, 0.717) is 5.92 Å². The number of rotatable bonds is 2. The largest absolute Gasteiger partial charge is 0.393 e. The molecule has 2 unspecified atom stereocenters. The normalized spacial score (nSPS) is 36.2. The van der Waals surface area contributed by atoms with Crippen LogP contribution in [0.4, 0.5) is 0 Å². The van der Waals surface area contributed by atoms with Gasteiger partial charge in [0.2, 0.25) is 0 Å². The van der Waals surface area contributed by atoms with E-state index in [0.717, 1.165) is 31.6 Å². The molecule has 0 amide bonds. The second-order valence-corrected chi connectivity index (χ2v) is 4.82. The molecule has 2 N–H and O–H groups in total. The van der Waals surface area contributed by atoms with E-state index in [1.165, 1.54) is 6.42 Å². The highest BCUT2D eigenvalue weighted by molar-refractivity contribution is 4.83. The van der Waals surface area contributed by atoms with Gasteiger partial charge in [-0.2, -0.15) is 0 Å². The van der Waals surface area contributed by atoms with Crippen molar-refractivity contribution in [1.82, 2.24) is 0 Å². The molecule has 0 radical (unpaired) electrons. The molecule has 2 atom stereocenters. The van der Waals surface area contributed by atoms with Crippen molar-refractivity contribution < 1.29 is 10.2 Å². The standard InChI is InChI=1S/C11H22O2/c1-9(2)10-4-3-6-11(13,8-12)7-5-10/h9-10,12-13H,3-8H2,1-2H3. The molecule has 0 aromatic rings. The van der Waals surface area contributed by atoms with Gasteiger partial charge in [-0.05, 0) is 31.1 Å². The van der Waals surface area contributed by atoms with Gasteiger partial charge in [-0.15, -0.1) is 0 Å². The Morgan fingerprint density at radius 2 is 2.00 bits per heavy atom. The Labute approximate surface area is 81.0 Å². The first-order valence-corrected chi connectivity index (χ1v) is 5.41. The van der Waals surface area contributed by atoms with Gasteiger partial charge in [0, 0.05) is 0 Å². The lowest BCUT2D eigenvalue weighted by Crippen LogP contribution is -2.32. The van der Waals surface area contributed by atoms with E-state index in [-0.39, 0.29) is 6.61 Å². The van der Waals surface area contributed by atoms with Crippen LogP contribution in [-0.2, 0) is 0 Å². The van der Waals surface area contributed by atoms with Gasteiger partial charge in [-0.3, -0.25) is 0 Å². The maximum Gasteiger partial charge on any atom is 0.0877 e. The molecule has 1 aliphatic carbocycles. The molecule has 0 bridgehead atoms. The van der Waals surface area contributed by atoms with Crippen molar-refractivity contribution >= 4 is 0 Å². The SMILES string of the molecule is CC(C)C1CCCC(O)(CO)CC1. The summed E-state index contributed by atoms with van der Waals surface area (Å²) >= 11 is 0. The van der Waals surface area contributed by atoms with Gasteiger partial charge in [0.15, 0.2) is 0 Å². The summed E-state index contributed by atoms with van der Waals surface area (Å²) in [6.07, 6.45) is 4.87. The zero-order valence-electron chi connectivity index (χ0n) is 8.79. The summed E-state index contributed by atoms with van der Waals surface area (Å²) in [6.45, 7) is 4.42. The van der Waals surface area contributed by atoms with Crippen LogP contribution in [0.1, 0.15) is 46.0 Å². The predicted molar refractivity (Wildman–Crippen MR) is 53.4 cm³/mol. The van der Waals surface area contributed by atoms with Crippen molar-refractivity contribution in [3.05, 3.63) is 0 Å². The molecule has 0 saturated heterocycles. The minimum atomic E-state index is -0.774. The highest BCUT2D eigenvalue weighted by Gasteiger charge is 2.30. The van der Waals surface area contributed by atoms with Crippen LogP contribution in [0, 0.1) is 11.8 Å². The third-order valence-corrected chi connectivity index (χ3v) is 3.43. The summed E-state index contributed by atoms with van der Waals surface area (Å²) in [5.41, 5.74) is -0.774. The van der Waals surface area contributed by atoms with Crippen molar-refractivity contribution in [2.24, 2.45) is 11.8 Å². The van der Waals surface area contributed by atoms with Gasteiger partial charge >= 0.3 is 0 Å². The minimum Gasteiger partial charge on any atom is -0.393 e. The molecule has 0 spiro atoms. The quantitative estimate of drug-likeness (QED) is 0.647. The van der Waals surface area contributed by atoms with Crippen molar-refractivity contribution in [3.8, 4) is 0 Å². The molecule has 2 heteroatoms. The summed E-state index contributed by atoms with van der Waals surface area (Å²) in [6, 6.07) is 0. The maximum absolute atomic E-state index is 9.91. The molecule has 0 aliphatic heterocycles. The molecule has 0 aromatic heterocycles. The Bertz CT molecular complexity index is 156.